The van der Waals surface area contributed by atoms with Gasteiger partial charge in [-0.25, -0.2) is 0 Å². The maximum Gasteiger partial charge on any atom is 0.179 e. The third-order valence-corrected chi connectivity index (χ3v) is 3.64. The molecule has 0 saturated heterocycles. The lowest BCUT2D eigenvalue weighted by Crippen LogP contribution is -2.16. The first-order valence-corrected chi connectivity index (χ1v) is 7.36. The van der Waals surface area contributed by atoms with E-state index in [1.165, 1.54) is 0 Å². The highest BCUT2D eigenvalue weighted by Gasteiger charge is 2.21. The highest BCUT2D eigenvalue weighted by molar-refractivity contribution is 6.32. The Bertz CT molecular complexity index is 642. The average Bonchev–Trinajstić information content (AvgIpc) is 2.95. The van der Waals surface area contributed by atoms with E-state index in [2.05, 4.69) is 12.0 Å². The number of aryl methyl sites for hydroxylation is 1. The van der Waals surface area contributed by atoms with Crippen LogP contribution in [0, 0.1) is 0 Å². The van der Waals surface area contributed by atoms with Crippen LogP contribution in [0.5, 0.6) is 11.5 Å². The molecule has 0 aliphatic carbocycles. The summed E-state index contributed by atoms with van der Waals surface area (Å²) in [4.78, 5) is 0. The van der Waals surface area contributed by atoms with Gasteiger partial charge in [0.2, 0.25) is 0 Å². The molecule has 1 N–H and O–H groups in total. The Kier molecular flexibility index (Phi) is 4.03. The zero-order valence-electron chi connectivity index (χ0n) is 11.8. The molecule has 0 spiro atoms. The molecule has 1 aromatic carbocycles. The van der Waals surface area contributed by atoms with Crippen LogP contribution in [0.4, 0.5) is 0 Å². The van der Waals surface area contributed by atoms with Crippen LogP contribution in [0.1, 0.15) is 30.6 Å². The standard InChI is InChI=1S/C15H17ClN2O3/c1-2-3-18-9-11(8-17-18)14(19)10-6-12(16)15-13(7-10)20-4-5-21-15/h6-9,14,19H,2-5H2,1H3. The predicted octanol–water partition coefficient (Wildman–Crippen LogP) is 2.80. The third-order valence-electron chi connectivity index (χ3n) is 3.36. The maximum absolute atomic E-state index is 10.5. The van der Waals surface area contributed by atoms with Crippen LogP contribution < -0.4 is 9.47 Å². The molecule has 0 bridgehead atoms. The molecular formula is C15H17ClN2O3. The van der Waals surface area contributed by atoms with Gasteiger partial charge in [-0.05, 0) is 24.1 Å². The fourth-order valence-electron chi connectivity index (χ4n) is 2.35. The molecule has 0 fully saturated rings. The summed E-state index contributed by atoms with van der Waals surface area (Å²) in [7, 11) is 0. The van der Waals surface area contributed by atoms with Crippen LogP contribution in [0.2, 0.25) is 5.02 Å². The number of hydrogen-bond acceptors (Lipinski definition) is 4. The lowest BCUT2D eigenvalue weighted by Gasteiger charge is -2.21. The van der Waals surface area contributed by atoms with Crippen LogP contribution in [-0.2, 0) is 6.54 Å². The Labute approximate surface area is 128 Å². The van der Waals surface area contributed by atoms with Gasteiger partial charge in [0, 0.05) is 18.3 Å². The Morgan fingerprint density at radius 2 is 2.14 bits per heavy atom. The van der Waals surface area contributed by atoms with Gasteiger partial charge in [-0.2, -0.15) is 5.10 Å². The van der Waals surface area contributed by atoms with Crippen LogP contribution in [0.15, 0.2) is 24.5 Å². The molecule has 0 saturated carbocycles. The van der Waals surface area contributed by atoms with Gasteiger partial charge in [0.05, 0.1) is 11.2 Å². The van der Waals surface area contributed by atoms with E-state index in [0.29, 0.717) is 35.3 Å². The van der Waals surface area contributed by atoms with E-state index in [1.54, 1.807) is 18.3 Å². The first-order chi connectivity index (χ1) is 10.2. The highest BCUT2D eigenvalue weighted by Crippen LogP contribution is 2.40. The summed E-state index contributed by atoms with van der Waals surface area (Å²) >= 11 is 6.20. The summed E-state index contributed by atoms with van der Waals surface area (Å²) in [5.41, 5.74) is 1.40. The van der Waals surface area contributed by atoms with Gasteiger partial charge in [0.25, 0.3) is 0 Å². The van der Waals surface area contributed by atoms with Crippen molar-refractivity contribution in [3.63, 3.8) is 0 Å². The topological polar surface area (TPSA) is 56.5 Å². The van der Waals surface area contributed by atoms with Crippen molar-refractivity contribution in [2.45, 2.75) is 26.0 Å². The molecule has 1 aliphatic heterocycles. The maximum atomic E-state index is 10.5. The zero-order valence-corrected chi connectivity index (χ0v) is 12.5. The smallest absolute Gasteiger partial charge is 0.179 e. The number of fused-ring (bicyclic) bond motifs is 1. The largest absolute Gasteiger partial charge is 0.486 e. The van der Waals surface area contributed by atoms with E-state index in [-0.39, 0.29) is 0 Å². The molecule has 1 aromatic heterocycles. The molecule has 3 rings (SSSR count). The highest BCUT2D eigenvalue weighted by atomic mass is 35.5. The van der Waals surface area contributed by atoms with Crippen molar-refractivity contribution >= 4 is 11.6 Å². The lowest BCUT2D eigenvalue weighted by atomic mass is 10.0. The van der Waals surface area contributed by atoms with Crippen LogP contribution in [-0.4, -0.2) is 28.1 Å². The summed E-state index contributed by atoms with van der Waals surface area (Å²) in [5, 5.41) is 15.2. The molecule has 21 heavy (non-hydrogen) atoms. The van der Waals surface area contributed by atoms with E-state index in [1.807, 2.05) is 10.9 Å². The second-order valence-electron chi connectivity index (χ2n) is 4.97. The normalized spacial score (nSPS) is 15.0. The summed E-state index contributed by atoms with van der Waals surface area (Å²) < 4.78 is 12.8. The quantitative estimate of drug-likeness (QED) is 0.943. The SMILES string of the molecule is CCCn1cc(C(O)c2cc(Cl)c3c(c2)OCCO3)cn1. The van der Waals surface area contributed by atoms with Crippen molar-refractivity contribution in [2.24, 2.45) is 0 Å². The fourth-order valence-corrected chi connectivity index (χ4v) is 2.63. The Morgan fingerprint density at radius 3 is 2.95 bits per heavy atom. The van der Waals surface area contributed by atoms with Crippen molar-refractivity contribution in [2.75, 3.05) is 13.2 Å². The Hall–Kier alpha value is -1.72. The van der Waals surface area contributed by atoms with Crippen LogP contribution in [0.25, 0.3) is 0 Å². The number of halogens is 1. The number of rotatable bonds is 4. The van der Waals surface area contributed by atoms with E-state index >= 15 is 0 Å². The van der Waals surface area contributed by atoms with Gasteiger partial charge in [0.15, 0.2) is 11.5 Å². The lowest BCUT2D eigenvalue weighted by molar-refractivity contribution is 0.170. The number of aliphatic hydroxyl groups excluding tert-OH is 1. The number of nitrogens with zero attached hydrogens (tertiary/aromatic N) is 2. The van der Waals surface area contributed by atoms with Crippen LogP contribution >= 0.6 is 11.6 Å². The summed E-state index contributed by atoms with van der Waals surface area (Å²) in [6.07, 6.45) is 3.72. The number of benzene rings is 1. The molecule has 2 heterocycles. The van der Waals surface area contributed by atoms with Gasteiger partial charge in [-0.15, -0.1) is 0 Å². The van der Waals surface area contributed by atoms with Gasteiger partial charge in [-0.1, -0.05) is 18.5 Å². The molecule has 5 nitrogen and oxygen atoms in total. The van der Waals surface area contributed by atoms with Crippen molar-refractivity contribution in [1.82, 2.24) is 9.78 Å². The van der Waals surface area contributed by atoms with E-state index in [4.69, 9.17) is 21.1 Å². The van der Waals surface area contributed by atoms with Crippen molar-refractivity contribution < 1.29 is 14.6 Å². The van der Waals surface area contributed by atoms with Gasteiger partial charge >= 0.3 is 0 Å². The molecule has 0 radical (unpaired) electrons. The zero-order chi connectivity index (χ0) is 14.8. The molecule has 1 atom stereocenters. The minimum atomic E-state index is -0.788. The Morgan fingerprint density at radius 1 is 1.33 bits per heavy atom. The molecular weight excluding hydrogens is 292 g/mol. The molecule has 1 aliphatic rings. The third kappa shape index (κ3) is 2.84. The summed E-state index contributed by atoms with van der Waals surface area (Å²) in [5.74, 6) is 1.12. The number of aromatic nitrogens is 2. The number of aliphatic hydroxyl groups is 1. The predicted molar refractivity (Wildman–Crippen MR) is 79.0 cm³/mol. The molecule has 0 amide bonds. The summed E-state index contributed by atoms with van der Waals surface area (Å²) in [6, 6.07) is 3.47. The molecule has 6 heteroatoms. The first-order valence-electron chi connectivity index (χ1n) is 6.98. The monoisotopic (exact) mass is 308 g/mol. The molecule has 2 aromatic rings. The minimum absolute atomic E-state index is 0.446. The minimum Gasteiger partial charge on any atom is -0.486 e. The summed E-state index contributed by atoms with van der Waals surface area (Å²) in [6.45, 7) is 3.88. The fraction of sp³-hybridized carbons (Fsp3) is 0.400. The van der Waals surface area contributed by atoms with Crippen LogP contribution in [0.3, 0.4) is 0 Å². The molecule has 1 unspecified atom stereocenters. The van der Waals surface area contributed by atoms with E-state index < -0.39 is 6.10 Å². The van der Waals surface area contributed by atoms with Crippen molar-refractivity contribution in [3.05, 3.63) is 40.7 Å². The first kappa shape index (κ1) is 14.2. The Balaban J connectivity index is 1.90. The number of hydrogen-bond donors (Lipinski definition) is 1. The van der Waals surface area contributed by atoms with E-state index in [0.717, 1.165) is 18.5 Å². The van der Waals surface area contributed by atoms with Gasteiger partial charge in [0.1, 0.15) is 19.3 Å². The van der Waals surface area contributed by atoms with Gasteiger partial charge in [-0.3, -0.25) is 4.68 Å². The second-order valence-corrected chi connectivity index (χ2v) is 5.37. The van der Waals surface area contributed by atoms with Crippen molar-refractivity contribution in [3.8, 4) is 11.5 Å². The number of ether oxygens (including phenoxy) is 2. The van der Waals surface area contributed by atoms with Gasteiger partial charge < -0.3 is 14.6 Å². The molecule has 112 valence electrons. The van der Waals surface area contributed by atoms with Crippen molar-refractivity contribution in [1.29, 1.82) is 0 Å². The average molecular weight is 309 g/mol. The van der Waals surface area contributed by atoms with E-state index in [9.17, 15) is 5.11 Å². The second kappa shape index (κ2) is 5.95.